The smallest absolute Gasteiger partial charge is 0.232 e. The highest BCUT2D eigenvalue weighted by Gasteiger charge is 2.04. The van der Waals surface area contributed by atoms with E-state index in [0.29, 0.717) is 48.1 Å². The molecule has 0 aliphatic rings. The monoisotopic (exact) mass is 492 g/mol. The molecule has 0 saturated carbocycles. The number of halogens is 2. The molecule has 1 aromatic heterocycles. The Balaban J connectivity index is 0.00000338. The van der Waals surface area contributed by atoms with E-state index in [2.05, 4.69) is 15.3 Å². The van der Waals surface area contributed by atoms with Crippen LogP contribution in [0.25, 0.3) is 0 Å². The minimum Gasteiger partial charge on any atom is -0.493 e. The molecule has 0 spiro atoms. The number of benzene rings is 1. The van der Waals surface area contributed by atoms with Crippen LogP contribution in [0.4, 0.5) is 0 Å². The maximum Gasteiger partial charge on any atom is 0.232 e. The van der Waals surface area contributed by atoms with E-state index in [-0.39, 0.29) is 24.0 Å². The van der Waals surface area contributed by atoms with E-state index in [1.165, 1.54) is 0 Å². The van der Waals surface area contributed by atoms with Gasteiger partial charge in [0.15, 0.2) is 17.5 Å². The van der Waals surface area contributed by atoms with Gasteiger partial charge in [-0.1, -0.05) is 17.7 Å². The first-order valence-corrected chi connectivity index (χ1v) is 8.00. The zero-order chi connectivity index (χ0) is 18.1. The van der Waals surface area contributed by atoms with Gasteiger partial charge in [0.05, 0.1) is 27.3 Å². The van der Waals surface area contributed by atoms with Crippen LogP contribution in [-0.2, 0) is 6.54 Å². The van der Waals surface area contributed by atoms with Gasteiger partial charge in [0, 0.05) is 6.20 Å². The van der Waals surface area contributed by atoms with Crippen molar-refractivity contribution < 1.29 is 14.2 Å². The van der Waals surface area contributed by atoms with Gasteiger partial charge in [-0.2, -0.15) is 0 Å². The molecule has 0 saturated heterocycles. The molecule has 0 aliphatic carbocycles. The van der Waals surface area contributed by atoms with E-state index < -0.39 is 0 Å². The highest BCUT2D eigenvalue weighted by molar-refractivity contribution is 14.0. The van der Waals surface area contributed by atoms with Gasteiger partial charge in [-0.15, -0.1) is 24.0 Å². The number of nitrogens with two attached hydrogens (primary N) is 1. The normalized spacial score (nSPS) is 10.7. The molecule has 0 aliphatic heterocycles. The Morgan fingerprint density at radius 1 is 1.23 bits per heavy atom. The predicted octanol–water partition coefficient (Wildman–Crippen LogP) is 2.85. The zero-order valence-corrected chi connectivity index (χ0v) is 17.7. The van der Waals surface area contributed by atoms with Crippen LogP contribution >= 0.6 is 35.6 Å². The molecule has 26 heavy (non-hydrogen) atoms. The van der Waals surface area contributed by atoms with Crippen molar-refractivity contribution in [3.63, 3.8) is 0 Å². The average Bonchev–Trinajstić information content (AvgIpc) is 2.64. The average molecular weight is 493 g/mol. The van der Waals surface area contributed by atoms with Gasteiger partial charge >= 0.3 is 0 Å². The minimum absolute atomic E-state index is 0. The number of guanidine groups is 1. The van der Waals surface area contributed by atoms with Crippen molar-refractivity contribution in [2.24, 2.45) is 10.7 Å². The molecular formula is C17H22ClIN4O3. The maximum absolute atomic E-state index is 5.95. The van der Waals surface area contributed by atoms with Crippen LogP contribution in [0.2, 0.25) is 5.02 Å². The van der Waals surface area contributed by atoms with Crippen LogP contribution in [-0.4, -0.2) is 38.3 Å². The fraction of sp³-hybridized carbons (Fsp3) is 0.294. The van der Waals surface area contributed by atoms with Crippen molar-refractivity contribution in [2.45, 2.75) is 6.54 Å². The molecule has 9 heteroatoms. The zero-order valence-electron chi connectivity index (χ0n) is 14.6. The second-order valence-electron chi connectivity index (χ2n) is 4.96. The van der Waals surface area contributed by atoms with Gasteiger partial charge in [0.1, 0.15) is 11.6 Å². The van der Waals surface area contributed by atoms with Gasteiger partial charge in [-0.25, -0.2) is 9.98 Å². The fourth-order valence-corrected chi connectivity index (χ4v) is 2.19. The standard InChI is InChI=1S/C17H21ClN4O3.HI/c1-23-14-6-5-12(10-15(14)24-2)11-22-17(19)21-8-9-25-16-13(18)4-3-7-20-16;/h3-7,10H,8-9,11H2,1-2H3,(H3,19,21,22);1H. The Hall–Kier alpha value is -1.94. The maximum atomic E-state index is 5.95. The molecule has 0 atom stereocenters. The molecular weight excluding hydrogens is 471 g/mol. The number of nitrogens with one attached hydrogen (secondary N) is 1. The number of pyridine rings is 1. The van der Waals surface area contributed by atoms with Crippen molar-refractivity contribution in [3.05, 3.63) is 47.1 Å². The molecule has 1 aromatic carbocycles. The summed E-state index contributed by atoms with van der Waals surface area (Å²) in [5.41, 5.74) is 6.80. The molecule has 0 unspecified atom stereocenters. The summed E-state index contributed by atoms with van der Waals surface area (Å²) in [6.45, 7) is 1.27. The first kappa shape index (κ1) is 22.1. The third kappa shape index (κ3) is 6.75. The van der Waals surface area contributed by atoms with Crippen LogP contribution in [0, 0.1) is 0 Å². The molecule has 2 aromatic rings. The summed E-state index contributed by atoms with van der Waals surface area (Å²) in [5.74, 6) is 2.05. The topological polar surface area (TPSA) is 91.0 Å². The second kappa shape index (κ2) is 11.6. The van der Waals surface area contributed by atoms with Crippen molar-refractivity contribution in [1.82, 2.24) is 10.3 Å². The summed E-state index contributed by atoms with van der Waals surface area (Å²) < 4.78 is 15.9. The molecule has 0 amide bonds. The lowest BCUT2D eigenvalue weighted by atomic mass is 10.2. The second-order valence-corrected chi connectivity index (χ2v) is 5.36. The van der Waals surface area contributed by atoms with Crippen LogP contribution in [0.15, 0.2) is 41.5 Å². The van der Waals surface area contributed by atoms with Crippen LogP contribution < -0.4 is 25.3 Å². The number of rotatable bonds is 8. The Kier molecular flexibility index (Phi) is 9.89. The quantitative estimate of drug-likeness (QED) is 0.255. The number of hydrogen-bond acceptors (Lipinski definition) is 5. The number of methoxy groups -OCH3 is 2. The number of aliphatic imine (C=N–C) groups is 1. The van der Waals surface area contributed by atoms with E-state index >= 15 is 0 Å². The Bertz CT molecular complexity index is 731. The number of ether oxygens (including phenoxy) is 3. The molecule has 142 valence electrons. The van der Waals surface area contributed by atoms with Crippen molar-refractivity contribution in [3.8, 4) is 17.4 Å². The minimum atomic E-state index is 0. The highest BCUT2D eigenvalue weighted by atomic mass is 127. The van der Waals surface area contributed by atoms with E-state index in [1.54, 1.807) is 32.5 Å². The molecule has 7 nitrogen and oxygen atoms in total. The molecule has 0 bridgehead atoms. The van der Waals surface area contributed by atoms with Gasteiger partial charge in [0.25, 0.3) is 0 Å². The molecule has 1 heterocycles. The van der Waals surface area contributed by atoms with Crippen LogP contribution in [0.3, 0.4) is 0 Å². The Labute approximate surface area is 174 Å². The summed E-state index contributed by atoms with van der Waals surface area (Å²) in [7, 11) is 3.19. The lowest BCUT2D eigenvalue weighted by molar-refractivity contribution is 0.310. The Morgan fingerprint density at radius 2 is 2.00 bits per heavy atom. The molecule has 0 radical (unpaired) electrons. The number of nitrogens with zero attached hydrogens (tertiary/aromatic N) is 2. The SMILES string of the molecule is COc1ccc(CN=C(N)NCCOc2ncccc2Cl)cc1OC.I. The summed E-state index contributed by atoms with van der Waals surface area (Å²) in [6, 6.07) is 9.06. The van der Waals surface area contributed by atoms with Crippen molar-refractivity contribution >= 4 is 41.5 Å². The molecule has 3 N–H and O–H groups in total. The van der Waals surface area contributed by atoms with Gasteiger partial charge < -0.3 is 25.3 Å². The largest absolute Gasteiger partial charge is 0.493 e. The highest BCUT2D eigenvalue weighted by Crippen LogP contribution is 2.27. The lowest BCUT2D eigenvalue weighted by Gasteiger charge is -2.10. The summed E-state index contributed by atoms with van der Waals surface area (Å²) >= 11 is 5.95. The molecule has 0 fully saturated rings. The van der Waals surface area contributed by atoms with Gasteiger partial charge in [0.2, 0.25) is 5.88 Å². The van der Waals surface area contributed by atoms with Gasteiger partial charge in [-0.05, 0) is 29.8 Å². The van der Waals surface area contributed by atoms with Crippen molar-refractivity contribution in [2.75, 3.05) is 27.4 Å². The fourth-order valence-electron chi connectivity index (χ4n) is 2.02. The summed E-state index contributed by atoms with van der Waals surface area (Å²) in [6.07, 6.45) is 1.62. The van der Waals surface area contributed by atoms with Crippen molar-refractivity contribution in [1.29, 1.82) is 0 Å². The summed E-state index contributed by atoms with van der Waals surface area (Å²) in [4.78, 5) is 8.31. The third-order valence-corrected chi connectivity index (χ3v) is 3.54. The predicted molar refractivity (Wildman–Crippen MR) is 113 cm³/mol. The molecule has 2 rings (SSSR count). The first-order chi connectivity index (χ1) is 12.1. The lowest BCUT2D eigenvalue weighted by Crippen LogP contribution is -2.34. The van der Waals surface area contributed by atoms with E-state index in [0.717, 1.165) is 5.56 Å². The van der Waals surface area contributed by atoms with E-state index in [1.807, 2.05) is 18.2 Å². The first-order valence-electron chi connectivity index (χ1n) is 7.62. The number of hydrogen-bond donors (Lipinski definition) is 2. The van der Waals surface area contributed by atoms with Crippen LogP contribution in [0.1, 0.15) is 5.56 Å². The van der Waals surface area contributed by atoms with Crippen LogP contribution in [0.5, 0.6) is 17.4 Å². The third-order valence-electron chi connectivity index (χ3n) is 3.25. The van der Waals surface area contributed by atoms with E-state index in [4.69, 9.17) is 31.5 Å². The van der Waals surface area contributed by atoms with E-state index in [9.17, 15) is 0 Å². The summed E-state index contributed by atoms with van der Waals surface area (Å²) in [5, 5.41) is 3.44. The Morgan fingerprint density at radius 3 is 2.69 bits per heavy atom. The van der Waals surface area contributed by atoms with Gasteiger partial charge in [-0.3, -0.25) is 0 Å². The number of aromatic nitrogens is 1.